The Morgan fingerprint density at radius 1 is 1.42 bits per heavy atom. The van der Waals surface area contributed by atoms with Gasteiger partial charge in [0.1, 0.15) is 6.04 Å². The molecule has 1 aliphatic rings. The maximum atomic E-state index is 11.4. The Hall–Kier alpha value is -2.03. The first-order chi connectivity index (χ1) is 9.09. The highest BCUT2D eigenvalue weighted by atomic mass is 16.4. The zero-order chi connectivity index (χ0) is 13.8. The second-order valence-electron chi connectivity index (χ2n) is 4.92. The molecule has 0 saturated carbocycles. The molecule has 1 heterocycles. The number of rotatable bonds is 4. The van der Waals surface area contributed by atoms with Crippen LogP contribution >= 0.6 is 0 Å². The quantitative estimate of drug-likeness (QED) is 0.843. The third kappa shape index (κ3) is 3.05. The summed E-state index contributed by atoms with van der Waals surface area (Å²) in [7, 11) is 0. The number of nitrogens with zero attached hydrogens (tertiary/aromatic N) is 1. The zero-order valence-corrected chi connectivity index (χ0v) is 11.1. The normalized spacial score (nSPS) is 22.3. The molecule has 1 aliphatic heterocycles. The molecule has 19 heavy (non-hydrogen) atoms. The molecule has 3 heteroatoms. The highest BCUT2D eigenvalue weighted by molar-refractivity contribution is 5.74. The lowest BCUT2D eigenvalue weighted by Gasteiger charge is -2.39. The number of carboxylic acid groups (broad SMARTS) is 1. The lowest BCUT2D eigenvalue weighted by atomic mass is 9.96. The van der Waals surface area contributed by atoms with E-state index in [1.54, 1.807) is 0 Å². The molecule has 1 N–H and O–H groups in total. The topological polar surface area (TPSA) is 40.5 Å². The molecule has 0 radical (unpaired) electrons. The lowest BCUT2D eigenvalue weighted by Crippen LogP contribution is -2.48. The van der Waals surface area contributed by atoms with E-state index in [2.05, 4.69) is 24.8 Å². The molecule has 2 rings (SSSR count). The number of carboxylic acids is 1. The first kappa shape index (κ1) is 13.4. The number of carbonyl (C=O) groups is 1. The fraction of sp³-hybridized carbons (Fsp3) is 0.312. The maximum Gasteiger partial charge on any atom is 0.326 e. The van der Waals surface area contributed by atoms with Crippen molar-refractivity contribution in [2.75, 3.05) is 0 Å². The average molecular weight is 257 g/mol. The molecule has 0 amide bonds. The van der Waals surface area contributed by atoms with Gasteiger partial charge < -0.3 is 10.0 Å². The van der Waals surface area contributed by atoms with Crippen LogP contribution in [0.4, 0.5) is 0 Å². The minimum atomic E-state index is -0.787. The number of allylic oxidation sites excluding steroid dienone is 1. The summed E-state index contributed by atoms with van der Waals surface area (Å²) >= 11 is 0. The summed E-state index contributed by atoms with van der Waals surface area (Å²) in [5, 5.41) is 9.32. The van der Waals surface area contributed by atoms with Crippen LogP contribution in [0.1, 0.15) is 18.9 Å². The SMILES string of the molecule is C=C(C)N1C(Cc2ccccc2)C=CCC1C(=O)O. The van der Waals surface area contributed by atoms with Crippen molar-refractivity contribution in [1.82, 2.24) is 4.90 Å². The highest BCUT2D eigenvalue weighted by Crippen LogP contribution is 2.24. The van der Waals surface area contributed by atoms with Crippen molar-refractivity contribution in [1.29, 1.82) is 0 Å². The van der Waals surface area contributed by atoms with E-state index in [9.17, 15) is 9.90 Å². The predicted molar refractivity (Wildman–Crippen MR) is 75.8 cm³/mol. The summed E-state index contributed by atoms with van der Waals surface area (Å²) in [4.78, 5) is 13.3. The number of aliphatic carboxylic acids is 1. The van der Waals surface area contributed by atoms with E-state index in [0.29, 0.717) is 6.42 Å². The van der Waals surface area contributed by atoms with Crippen LogP contribution in [0.15, 0.2) is 54.8 Å². The van der Waals surface area contributed by atoms with E-state index in [1.165, 1.54) is 5.56 Å². The largest absolute Gasteiger partial charge is 0.480 e. The zero-order valence-electron chi connectivity index (χ0n) is 11.1. The molecule has 0 bridgehead atoms. The monoisotopic (exact) mass is 257 g/mol. The van der Waals surface area contributed by atoms with Gasteiger partial charge in [0.2, 0.25) is 0 Å². The molecular formula is C16H19NO2. The van der Waals surface area contributed by atoms with Gasteiger partial charge in [0.15, 0.2) is 0 Å². The first-order valence-electron chi connectivity index (χ1n) is 6.47. The van der Waals surface area contributed by atoms with Crippen molar-refractivity contribution in [2.24, 2.45) is 0 Å². The number of hydrogen-bond acceptors (Lipinski definition) is 2. The predicted octanol–water partition coefficient (Wildman–Crippen LogP) is 2.85. The Kier molecular flexibility index (Phi) is 4.05. The van der Waals surface area contributed by atoms with Crippen molar-refractivity contribution in [2.45, 2.75) is 31.8 Å². The Balaban J connectivity index is 2.22. The van der Waals surface area contributed by atoms with Crippen LogP contribution in [-0.2, 0) is 11.2 Å². The first-order valence-corrected chi connectivity index (χ1v) is 6.47. The van der Waals surface area contributed by atoms with Crippen molar-refractivity contribution >= 4 is 5.97 Å². The molecule has 0 saturated heterocycles. The summed E-state index contributed by atoms with van der Waals surface area (Å²) in [5.74, 6) is -0.787. The van der Waals surface area contributed by atoms with Gasteiger partial charge in [0, 0.05) is 5.70 Å². The fourth-order valence-electron chi connectivity index (χ4n) is 2.59. The molecular weight excluding hydrogens is 238 g/mol. The van der Waals surface area contributed by atoms with Crippen molar-refractivity contribution in [3.8, 4) is 0 Å². The van der Waals surface area contributed by atoms with Crippen molar-refractivity contribution < 1.29 is 9.90 Å². The summed E-state index contributed by atoms with van der Waals surface area (Å²) in [6.07, 6.45) is 5.38. The summed E-state index contributed by atoms with van der Waals surface area (Å²) in [5.41, 5.74) is 2.01. The third-order valence-corrected chi connectivity index (χ3v) is 3.42. The van der Waals surface area contributed by atoms with E-state index in [4.69, 9.17) is 0 Å². The van der Waals surface area contributed by atoms with Crippen LogP contribution < -0.4 is 0 Å². The summed E-state index contributed by atoms with van der Waals surface area (Å²) < 4.78 is 0. The van der Waals surface area contributed by atoms with Crippen LogP contribution in [0, 0.1) is 0 Å². The van der Waals surface area contributed by atoms with E-state index in [-0.39, 0.29) is 6.04 Å². The standard InChI is InChI=1S/C16H19NO2/c1-12(2)17-14(9-6-10-15(17)16(18)19)11-13-7-4-3-5-8-13/h3-9,14-15H,1,10-11H2,2H3,(H,18,19). The Morgan fingerprint density at radius 2 is 2.11 bits per heavy atom. The number of hydrogen-bond donors (Lipinski definition) is 1. The van der Waals surface area contributed by atoms with Gasteiger partial charge in [-0.15, -0.1) is 0 Å². The van der Waals surface area contributed by atoms with Crippen molar-refractivity contribution in [3.05, 3.63) is 60.3 Å². The maximum absolute atomic E-state index is 11.4. The van der Waals surface area contributed by atoms with Gasteiger partial charge in [-0.1, -0.05) is 49.1 Å². The van der Waals surface area contributed by atoms with Crippen LogP contribution in [0.2, 0.25) is 0 Å². The van der Waals surface area contributed by atoms with Crippen molar-refractivity contribution in [3.63, 3.8) is 0 Å². The molecule has 1 aromatic rings. The molecule has 1 aromatic carbocycles. The van der Waals surface area contributed by atoms with Crippen LogP contribution in [0.5, 0.6) is 0 Å². The van der Waals surface area contributed by atoms with Gasteiger partial charge in [0.25, 0.3) is 0 Å². The Bertz CT molecular complexity index is 493. The average Bonchev–Trinajstić information content (AvgIpc) is 2.39. The van der Waals surface area contributed by atoms with Crippen LogP contribution in [-0.4, -0.2) is 28.1 Å². The highest BCUT2D eigenvalue weighted by Gasteiger charge is 2.31. The minimum Gasteiger partial charge on any atom is -0.480 e. The van der Waals surface area contributed by atoms with Gasteiger partial charge >= 0.3 is 5.97 Å². The van der Waals surface area contributed by atoms with Gasteiger partial charge in [-0.2, -0.15) is 0 Å². The fourth-order valence-corrected chi connectivity index (χ4v) is 2.59. The minimum absolute atomic E-state index is 0.0646. The van der Waals surface area contributed by atoms with Gasteiger partial charge in [-0.3, -0.25) is 0 Å². The summed E-state index contributed by atoms with van der Waals surface area (Å²) in [6.45, 7) is 5.80. The third-order valence-electron chi connectivity index (χ3n) is 3.42. The van der Waals surface area contributed by atoms with Gasteiger partial charge in [-0.05, 0) is 25.3 Å². The molecule has 0 aliphatic carbocycles. The van der Waals surface area contributed by atoms with E-state index < -0.39 is 12.0 Å². The van der Waals surface area contributed by atoms with Gasteiger partial charge in [-0.25, -0.2) is 4.79 Å². The molecule has 2 atom stereocenters. The molecule has 2 unspecified atom stereocenters. The van der Waals surface area contributed by atoms with E-state index in [0.717, 1.165) is 12.1 Å². The Morgan fingerprint density at radius 3 is 2.68 bits per heavy atom. The van der Waals surface area contributed by atoms with Crippen LogP contribution in [0.3, 0.4) is 0 Å². The van der Waals surface area contributed by atoms with Crippen LogP contribution in [0.25, 0.3) is 0 Å². The second-order valence-corrected chi connectivity index (χ2v) is 4.92. The smallest absolute Gasteiger partial charge is 0.326 e. The summed E-state index contributed by atoms with van der Waals surface area (Å²) in [6, 6.07) is 9.68. The number of benzene rings is 1. The Labute approximate surface area is 113 Å². The molecule has 0 fully saturated rings. The molecule has 0 spiro atoms. The van der Waals surface area contributed by atoms with E-state index >= 15 is 0 Å². The lowest BCUT2D eigenvalue weighted by molar-refractivity contribution is -0.143. The second kappa shape index (κ2) is 5.74. The molecule has 3 nitrogen and oxygen atoms in total. The molecule has 0 aromatic heterocycles. The van der Waals surface area contributed by atoms with E-state index in [1.807, 2.05) is 36.1 Å². The van der Waals surface area contributed by atoms with Gasteiger partial charge in [0.05, 0.1) is 6.04 Å². The molecule has 100 valence electrons.